The molecule has 0 amide bonds. The number of nitrogens with zero attached hydrogens (tertiary/aromatic N) is 2. The molecule has 0 unspecified atom stereocenters. The van der Waals surface area contributed by atoms with Crippen molar-refractivity contribution in [2.45, 2.75) is 31.7 Å². The van der Waals surface area contributed by atoms with E-state index in [0.717, 1.165) is 15.2 Å². The topological polar surface area (TPSA) is 113 Å². The minimum absolute atomic E-state index is 0.210. The lowest BCUT2D eigenvalue weighted by Gasteiger charge is -2.14. The molecule has 2 N–H and O–H groups in total. The summed E-state index contributed by atoms with van der Waals surface area (Å²) in [6.45, 7) is 3.42. The van der Waals surface area contributed by atoms with Gasteiger partial charge in [0.05, 0.1) is 5.56 Å². The van der Waals surface area contributed by atoms with Gasteiger partial charge < -0.3 is 10.5 Å². The maximum absolute atomic E-state index is 12.6. The van der Waals surface area contributed by atoms with Crippen molar-refractivity contribution in [2.75, 3.05) is 18.1 Å². The van der Waals surface area contributed by atoms with Crippen molar-refractivity contribution in [3.8, 4) is 0 Å². The van der Waals surface area contributed by atoms with Crippen molar-refractivity contribution in [1.82, 2.24) is 9.13 Å². The largest absolute Gasteiger partial charge is 0.454 e. The first-order chi connectivity index (χ1) is 13.3. The Morgan fingerprint density at radius 1 is 1.18 bits per heavy atom. The first-order valence-electron chi connectivity index (χ1n) is 8.84. The highest BCUT2D eigenvalue weighted by Crippen LogP contribution is 2.23. The van der Waals surface area contributed by atoms with Crippen LogP contribution in [0, 0.1) is 0 Å². The van der Waals surface area contributed by atoms with Gasteiger partial charge in [-0.3, -0.25) is 18.7 Å². The number of thioether (sulfide) groups is 1. The van der Waals surface area contributed by atoms with Gasteiger partial charge in [-0.1, -0.05) is 26.0 Å². The average Bonchev–Trinajstić information content (AvgIpc) is 2.68. The van der Waals surface area contributed by atoms with Gasteiger partial charge in [-0.2, -0.15) is 0 Å². The number of ketones is 1. The summed E-state index contributed by atoms with van der Waals surface area (Å²) in [6, 6.07) is 6.91. The molecule has 1 heterocycles. The number of nitrogen functional groups attached to an aromatic ring is 1. The Morgan fingerprint density at radius 3 is 2.50 bits per heavy atom. The highest BCUT2D eigenvalue weighted by Gasteiger charge is 2.23. The molecule has 28 heavy (non-hydrogen) atoms. The van der Waals surface area contributed by atoms with Gasteiger partial charge in [-0.25, -0.2) is 9.59 Å². The van der Waals surface area contributed by atoms with E-state index >= 15 is 0 Å². The molecule has 2 rings (SSSR count). The lowest BCUT2D eigenvalue weighted by atomic mass is 10.2. The molecule has 0 aliphatic heterocycles. The minimum Gasteiger partial charge on any atom is -0.454 e. The van der Waals surface area contributed by atoms with Gasteiger partial charge in [0.25, 0.3) is 5.56 Å². The summed E-state index contributed by atoms with van der Waals surface area (Å²) in [6.07, 6.45) is 0.594. The van der Waals surface area contributed by atoms with Gasteiger partial charge >= 0.3 is 11.7 Å². The van der Waals surface area contributed by atoms with Gasteiger partial charge in [0, 0.05) is 18.5 Å². The number of benzene rings is 1. The first kappa shape index (κ1) is 21.5. The van der Waals surface area contributed by atoms with E-state index in [1.165, 1.54) is 23.4 Å². The van der Waals surface area contributed by atoms with E-state index in [1.54, 1.807) is 24.3 Å². The summed E-state index contributed by atoms with van der Waals surface area (Å²) < 4.78 is 7.12. The monoisotopic (exact) mass is 405 g/mol. The Kier molecular flexibility index (Phi) is 7.22. The Hall–Kier alpha value is -2.81. The number of rotatable bonds is 8. The molecule has 1 aromatic carbocycles. The number of hydrogen-bond donors (Lipinski definition) is 1. The van der Waals surface area contributed by atoms with E-state index in [1.807, 2.05) is 13.8 Å². The summed E-state index contributed by atoms with van der Waals surface area (Å²) >= 11 is 1.48. The SMILES string of the molecule is CCCn1c(N)c(C(=O)COC(=O)c2ccccc2SCC)c(=O)n(C)c1=O. The van der Waals surface area contributed by atoms with Crippen molar-refractivity contribution < 1.29 is 14.3 Å². The second-order valence-corrected chi connectivity index (χ2v) is 7.29. The minimum atomic E-state index is -0.808. The quantitative estimate of drug-likeness (QED) is 0.404. The van der Waals surface area contributed by atoms with Crippen molar-refractivity contribution in [3.63, 3.8) is 0 Å². The second kappa shape index (κ2) is 9.41. The van der Waals surface area contributed by atoms with Crippen LogP contribution < -0.4 is 17.0 Å². The molecule has 0 saturated carbocycles. The smallest absolute Gasteiger partial charge is 0.339 e. The summed E-state index contributed by atoms with van der Waals surface area (Å²) in [7, 11) is 1.28. The van der Waals surface area contributed by atoms with Crippen LogP contribution in [0.25, 0.3) is 0 Å². The average molecular weight is 405 g/mol. The van der Waals surface area contributed by atoms with Gasteiger partial charge in [0.2, 0.25) is 5.78 Å². The zero-order valence-electron chi connectivity index (χ0n) is 16.1. The van der Waals surface area contributed by atoms with Crippen LogP contribution in [-0.2, 0) is 18.3 Å². The zero-order valence-corrected chi connectivity index (χ0v) is 16.9. The Morgan fingerprint density at radius 2 is 1.86 bits per heavy atom. The number of anilines is 1. The molecule has 0 aliphatic rings. The maximum Gasteiger partial charge on any atom is 0.339 e. The normalized spacial score (nSPS) is 10.7. The fraction of sp³-hybridized carbons (Fsp3) is 0.368. The molecular weight excluding hydrogens is 382 g/mol. The third kappa shape index (κ3) is 4.36. The fourth-order valence-corrected chi connectivity index (χ4v) is 3.48. The lowest BCUT2D eigenvalue weighted by Crippen LogP contribution is -2.43. The van der Waals surface area contributed by atoms with E-state index in [2.05, 4.69) is 0 Å². The number of nitrogens with two attached hydrogens (primary N) is 1. The van der Waals surface area contributed by atoms with Crippen molar-refractivity contribution in [1.29, 1.82) is 0 Å². The highest BCUT2D eigenvalue weighted by molar-refractivity contribution is 7.99. The predicted octanol–water partition coefficient (Wildman–Crippen LogP) is 1.69. The third-order valence-corrected chi connectivity index (χ3v) is 5.01. The van der Waals surface area contributed by atoms with E-state index in [4.69, 9.17) is 10.5 Å². The van der Waals surface area contributed by atoms with Gasteiger partial charge in [0.1, 0.15) is 11.4 Å². The van der Waals surface area contributed by atoms with Crippen LogP contribution in [0.15, 0.2) is 38.8 Å². The molecule has 0 radical (unpaired) electrons. The van der Waals surface area contributed by atoms with Crippen LogP contribution in [0.3, 0.4) is 0 Å². The molecular formula is C19H23N3O5S. The number of aromatic nitrogens is 2. The third-order valence-electron chi connectivity index (χ3n) is 4.05. The first-order valence-corrected chi connectivity index (χ1v) is 9.83. The van der Waals surface area contributed by atoms with Gasteiger partial charge in [-0.05, 0) is 24.3 Å². The van der Waals surface area contributed by atoms with Gasteiger partial charge in [0.15, 0.2) is 6.61 Å². The summed E-state index contributed by atoms with van der Waals surface area (Å²) in [5.41, 5.74) is 4.50. The van der Waals surface area contributed by atoms with Crippen LogP contribution in [0.4, 0.5) is 5.82 Å². The molecule has 0 aliphatic carbocycles. The van der Waals surface area contributed by atoms with Crippen molar-refractivity contribution >= 4 is 29.3 Å². The number of ether oxygens (including phenoxy) is 1. The highest BCUT2D eigenvalue weighted by atomic mass is 32.2. The van der Waals surface area contributed by atoms with Crippen LogP contribution in [0.2, 0.25) is 0 Å². The molecule has 0 atom stereocenters. The summed E-state index contributed by atoms with van der Waals surface area (Å²) in [5, 5.41) is 0. The molecule has 2 aromatic rings. The number of carbonyl (C=O) groups is 2. The van der Waals surface area contributed by atoms with Crippen molar-refractivity contribution in [2.24, 2.45) is 7.05 Å². The Labute approximate surface area is 166 Å². The Balaban J connectivity index is 2.28. The Bertz CT molecular complexity index is 1010. The lowest BCUT2D eigenvalue weighted by molar-refractivity contribution is 0.0470. The van der Waals surface area contributed by atoms with Crippen LogP contribution in [-0.4, -0.2) is 33.2 Å². The van der Waals surface area contributed by atoms with E-state index in [-0.39, 0.29) is 17.9 Å². The number of Topliss-reactive ketones (excluding diaryl/α,β-unsaturated/α-hetero) is 1. The van der Waals surface area contributed by atoms with Crippen LogP contribution >= 0.6 is 11.8 Å². The van der Waals surface area contributed by atoms with E-state index in [9.17, 15) is 19.2 Å². The van der Waals surface area contributed by atoms with Crippen molar-refractivity contribution in [3.05, 3.63) is 56.2 Å². The standard InChI is InChI=1S/C19H23N3O5S/c1-4-10-22-16(20)15(17(24)21(3)19(22)26)13(23)11-27-18(25)12-8-6-7-9-14(12)28-5-2/h6-9H,4-5,10-11,20H2,1-3H3. The molecule has 150 valence electrons. The predicted molar refractivity (Wildman–Crippen MR) is 108 cm³/mol. The molecule has 0 saturated heterocycles. The zero-order chi connectivity index (χ0) is 20.8. The second-order valence-electron chi connectivity index (χ2n) is 5.99. The fourth-order valence-electron chi connectivity index (χ4n) is 2.68. The number of hydrogen-bond acceptors (Lipinski definition) is 7. The molecule has 1 aromatic heterocycles. The van der Waals surface area contributed by atoms with E-state index < -0.39 is 29.6 Å². The molecule has 0 fully saturated rings. The summed E-state index contributed by atoms with van der Waals surface area (Å²) in [5.74, 6) is -0.855. The number of esters is 1. The maximum atomic E-state index is 12.6. The molecule has 8 nitrogen and oxygen atoms in total. The molecule has 9 heteroatoms. The molecule has 0 spiro atoms. The van der Waals surface area contributed by atoms with Crippen LogP contribution in [0.5, 0.6) is 0 Å². The summed E-state index contributed by atoms with van der Waals surface area (Å²) in [4.78, 5) is 50.2. The van der Waals surface area contributed by atoms with Crippen LogP contribution in [0.1, 0.15) is 41.0 Å². The van der Waals surface area contributed by atoms with Gasteiger partial charge in [-0.15, -0.1) is 11.8 Å². The number of carbonyl (C=O) groups excluding carboxylic acids is 2. The molecule has 0 bridgehead atoms. The van der Waals surface area contributed by atoms with E-state index in [0.29, 0.717) is 12.0 Å².